The largest absolute Gasteiger partial charge is 0.330 e. The van der Waals surface area contributed by atoms with Crippen LogP contribution in [-0.4, -0.2) is 31.1 Å². The van der Waals surface area contributed by atoms with Gasteiger partial charge in [-0.2, -0.15) is 0 Å². The minimum Gasteiger partial charge on any atom is -0.330 e. The lowest BCUT2D eigenvalue weighted by atomic mass is 9.76. The van der Waals surface area contributed by atoms with Crippen molar-refractivity contribution in [1.29, 1.82) is 0 Å². The summed E-state index contributed by atoms with van der Waals surface area (Å²) >= 11 is 0. The maximum absolute atomic E-state index is 6.05. The van der Waals surface area contributed by atoms with Crippen molar-refractivity contribution >= 4 is 0 Å². The number of nitrogens with zero attached hydrogens (tertiary/aromatic N) is 1. The quantitative estimate of drug-likeness (QED) is 0.819. The molecular weight excluding hydrogens is 232 g/mol. The Morgan fingerprint density at radius 1 is 1.05 bits per heavy atom. The third-order valence-corrected chi connectivity index (χ3v) is 5.54. The van der Waals surface area contributed by atoms with E-state index in [9.17, 15) is 0 Å². The van der Waals surface area contributed by atoms with E-state index in [2.05, 4.69) is 39.5 Å². The average Bonchev–Trinajstić information content (AvgIpc) is 2.61. The molecule has 1 heterocycles. The van der Waals surface area contributed by atoms with Crippen LogP contribution in [0.1, 0.15) is 66.7 Å². The Balaban J connectivity index is 2.58. The van der Waals surface area contributed by atoms with Crippen LogP contribution in [0.25, 0.3) is 0 Å². The number of hydrogen-bond donors (Lipinski definition) is 1. The summed E-state index contributed by atoms with van der Waals surface area (Å²) < 4.78 is 0. The van der Waals surface area contributed by atoms with Crippen molar-refractivity contribution in [2.24, 2.45) is 22.5 Å². The Labute approximate surface area is 121 Å². The van der Waals surface area contributed by atoms with Gasteiger partial charge in [-0.3, -0.25) is 0 Å². The van der Waals surface area contributed by atoms with Crippen molar-refractivity contribution in [3.8, 4) is 0 Å². The lowest BCUT2D eigenvalue weighted by Gasteiger charge is -2.36. The van der Waals surface area contributed by atoms with Gasteiger partial charge in [0.25, 0.3) is 0 Å². The van der Waals surface area contributed by atoms with Crippen molar-refractivity contribution in [3.05, 3.63) is 0 Å². The topological polar surface area (TPSA) is 29.3 Å². The lowest BCUT2D eigenvalue weighted by molar-refractivity contribution is 0.141. The first-order valence-electron chi connectivity index (χ1n) is 8.29. The Kier molecular flexibility index (Phi) is 6.32. The fourth-order valence-corrected chi connectivity index (χ4v) is 3.48. The van der Waals surface area contributed by atoms with Crippen LogP contribution in [0.5, 0.6) is 0 Å². The highest BCUT2D eigenvalue weighted by molar-refractivity contribution is 4.84. The molecular formula is C17H36N2. The molecule has 1 fully saturated rings. The molecule has 0 radical (unpaired) electrons. The number of rotatable bonds is 5. The molecule has 114 valence electrons. The maximum atomic E-state index is 6.05. The van der Waals surface area contributed by atoms with Gasteiger partial charge in [-0.05, 0) is 68.5 Å². The molecule has 0 aliphatic carbocycles. The molecule has 2 N–H and O–H groups in total. The molecule has 19 heavy (non-hydrogen) atoms. The zero-order valence-electron chi connectivity index (χ0n) is 14.0. The molecule has 2 nitrogen and oxygen atoms in total. The van der Waals surface area contributed by atoms with Crippen LogP contribution in [0.2, 0.25) is 0 Å². The van der Waals surface area contributed by atoms with Crippen LogP contribution < -0.4 is 5.73 Å². The molecule has 0 spiro atoms. The summed E-state index contributed by atoms with van der Waals surface area (Å²) in [5.74, 6) is 0.882. The molecule has 0 amide bonds. The number of nitrogens with two attached hydrogens (primary N) is 1. The van der Waals surface area contributed by atoms with Crippen LogP contribution >= 0.6 is 0 Å². The van der Waals surface area contributed by atoms with Gasteiger partial charge in [0.2, 0.25) is 0 Å². The Bertz CT molecular complexity index is 242. The van der Waals surface area contributed by atoms with E-state index in [1.165, 1.54) is 51.7 Å². The zero-order valence-corrected chi connectivity index (χ0v) is 14.0. The SMILES string of the molecule is CCC(CC)(CN)CN1CCCC(C(C)(C)C)CC1. The van der Waals surface area contributed by atoms with E-state index in [0.29, 0.717) is 10.8 Å². The zero-order chi connectivity index (χ0) is 14.5. The third-order valence-electron chi connectivity index (χ3n) is 5.54. The predicted molar refractivity (Wildman–Crippen MR) is 85.3 cm³/mol. The summed E-state index contributed by atoms with van der Waals surface area (Å²) in [5.41, 5.74) is 6.87. The van der Waals surface area contributed by atoms with E-state index >= 15 is 0 Å². The molecule has 1 aliphatic heterocycles. The molecule has 2 heteroatoms. The van der Waals surface area contributed by atoms with Gasteiger partial charge in [0.05, 0.1) is 0 Å². The van der Waals surface area contributed by atoms with Crippen molar-refractivity contribution in [3.63, 3.8) is 0 Å². The summed E-state index contributed by atoms with van der Waals surface area (Å²) in [6, 6.07) is 0. The van der Waals surface area contributed by atoms with Crippen LogP contribution in [0.15, 0.2) is 0 Å². The Morgan fingerprint density at radius 3 is 2.16 bits per heavy atom. The minimum absolute atomic E-state index is 0.349. The van der Waals surface area contributed by atoms with Crippen molar-refractivity contribution in [2.75, 3.05) is 26.2 Å². The summed E-state index contributed by atoms with van der Waals surface area (Å²) in [4.78, 5) is 2.69. The van der Waals surface area contributed by atoms with Gasteiger partial charge in [0.15, 0.2) is 0 Å². The van der Waals surface area contributed by atoms with Crippen molar-refractivity contribution in [2.45, 2.75) is 66.7 Å². The van der Waals surface area contributed by atoms with Gasteiger partial charge < -0.3 is 10.6 Å². The van der Waals surface area contributed by atoms with Crippen LogP contribution in [0.4, 0.5) is 0 Å². The van der Waals surface area contributed by atoms with E-state index in [4.69, 9.17) is 5.73 Å². The Morgan fingerprint density at radius 2 is 1.68 bits per heavy atom. The standard InChI is InChI=1S/C17H36N2/c1-6-17(7-2,13-18)14-19-11-8-9-15(10-12-19)16(3,4)5/h15H,6-14,18H2,1-5H3. The molecule has 1 rings (SSSR count). The highest BCUT2D eigenvalue weighted by Crippen LogP contribution is 2.35. The molecule has 0 aromatic rings. The van der Waals surface area contributed by atoms with Gasteiger partial charge in [0.1, 0.15) is 0 Å². The fourth-order valence-electron chi connectivity index (χ4n) is 3.48. The second kappa shape index (κ2) is 7.08. The summed E-state index contributed by atoms with van der Waals surface area (Å²) in [6.07, 6.45) is 6.53. The van der Waals surface area contributed by atoms with Crippen molar-refractivity contribution < 1.29 is 0 Å². The predicted octanol–water partition coefficient (Wildman–Crippen LogP) is 3.90. The average molecular weight is 268 g/mol. The van der Waals surface area contributed by atoms with Gasteiger partial charge in [-0.1, -0.05) is 34.6 Å². The van der Waals surface area contributed by atoms with Crippen LogP contribution in [0, 0.1) is 16.7 Å². The molecule has 1 atom stereocenters. The third kappa shape index (κ3) is 4.75. The molecule has 0 aromatic heterocycles. The Hall–Kier alpha value is -0.0800. The highest BCUT2D eigenvalue weighted by atomic mass is 15.1. The molecule has 1 saturated heterocycles. The molecule has 0 bridgehead atoms. The molecule has 1 unspecified atom stereocenters. The van der Waals surface area contributed by atoms with E-state index in [1.807, 2.05) is 0 Å². The summed E-state index contributed by atoms with van der Waals surface area (Å²) in [6.45, 7) is 16.4. The van der Waals surface area contributed by atoms with Crippen molar-refractivity contribution in [1.82, 2.24) is 4.90 Å². The van der Waals surface area contributed by atoms with E-state index in [0.717, 1.165) is 12.5 Å². The second-order valence-electron chi connectivity index (χ2n) is 7.68. The first-order valence-corrected chi connectivity index (χ1v) is 8.29. The monoisotopic (exact) mass is 268 g/mol. The first-order chi connectivity index (χ1) is 8.87. The minimum atomic E-state index is 0.349. The first kappa shape index (κ1) is 17.0. The van der Waals surface area contributed by atoms with Gasteiger partial charge in [-0.25, -0.2) is 0 Å². The van der Waals surface area contributed by atoms with E-state index in [-0.39, 0.29) is 0 Å². The summed E-state index contributed by atoms with van der Waals surface area (Å²) in [7, 11) is 0. The normalized spacial score (nSPS) is 23.4. The lowest BCUT2D eigenvalue weighted by Crippen LogP contribution is -2.42. The molecule has 1 aliphatic rings. The van der Waals surface area contributed by atoms with Gasteiger partial charge in [0, 0.05) is 6.54 Å². The molecule has 0 aromatic carbocycles. The molecule has 0 saturated carbocycles. The maximum Gasteiger partial charge on any atom is 0.00499 e. The fraction of sp³-hybridized carbons (Fsp3) is 1.00. The second-order valence-corrected chi connectivity index (χ2v) is 7.68. The number of likely N-dealkylation sites (tertiary alicyclic amines) is 1. The highest BCUT2D eigenvalue weighted by Gasteiger charge is 2.31. The van der Waals surface area contributed by atoms with Gasteiger partial charge >= 0.3 is 0 Å². The van der Waals surface area contributed by atoms with E-state index in [1.54, 1.807) is 0 Å². The van der Waals surface area contributed by atoms with E-state index < -0.39 is 0 Å². The number of hydrogen-bond acceptors (Lipinski definition) is 2. The van der Waals surface area contributed by atoms with Crippen LogP contribution in [0.3, 0.4) is 0 Å². The van der Waals surface area contributed by atoms with Gasteiger partial charge in [-0.15, -0.1) is 0 Å². The summed E-state index contributed by atoms with van der Waals surface area (Å²) in [5, 5.41) is 0. The smallest absolute Gasteiger partial charge is 0.00499 e. The van der Waals surface area contributed by atoms with Crippen LogP contribution in [-0.2, 0) is 0 Å².